The molecule has 3 heterocycles. The van der Waals surface area contributed by atoms with Crippen LogP contribution in [0.5, 0.6) is 5.75 Å². The maximum absolute atomic E-state index is 13.5. The predicted molar refractivity (Wildman–Crippen MR) is 146 cm³/mol. The number of alkyl carbamates (subject to hydrolysis) is 1. The van der Waals surface area contributed by atoms with Gasteiger partial charge in [0.05, 0.1) is 7.11 Å². The summed E-state index contributed by atoms with van der Waals surface area (Å²) in [6.45, 7) is 0.825. The van der Waals surface area contributed by atoms with Gasteiger partial charge >= 0.3 is 18.0 Å². The zero-order valence-corrected chi connectivity index (χ0v) is 23.8. The van der Waals surface area contributed by atoms with Crippen molar-refractivity contribution in [2.45, 2.75) is 30.7 Å². The molecule has 2 aromatic rings. The number of carbonyl (C=O) groups is 5. The number of esters is 1. The van der Waals surface area contributed by atoms with Crippen molar-refractivity contribution in [3.8, 4) is 5.75 Å². The Balaban J connectivity index is 1.49. The van der Waals surface area contributed by atoms with Crippen LogP contribution < -0.4 is 15.4 Å². The Morgan fingerprint density at radius 3 is 2.44 bits per heavy atom. The van der Waals surface area contributed by atoms with Crippen molar-refractivity contribution in [3.63, 3.8) is 0 Å². The third-order valence-corrected chi connectivity index (χ3v) is 8.58. The molecule has 218 valence electrons. The lowest BCUT2D eigenvalue weighted by Crippen LogP contribution is -2.81. The summed E-state index contributed by atoms with van der Waals surface area (Å²) in [5.74, 6) is -2.83. The number of thioether (sulfide) groups is 1. The molecule has 3 N–H and O–H groups in total. The second-order valence-electron chi connectivity index (χ2n) is 8.82. The van der Waals surface area contributed by atoms with Crippen molar-refractivity contribution in [2.75, 3.05) is 26.6 Å². The molecule has 1 fully saturated rings. The van der Waals surface area contributed by atoms with Crippen molar-refractivity contribution in [3.05, 3.63) is 63.5 Å². The fourth-order valence-corrected chi connectivity index (χ4v) is 6.44. The average Bonchev–Trinajstić information content (AvgIpc) is 3.50. The smallest absolute Gasteiger partial charge is 0.408 e. The fourth-order valence-electron chi connectivity index (χ4n) is 4.25. The largest absolute Gasteiger partial charge is 0.497 e. The standard InChI is InChI=1S/C26H27N3O10S2/c1-14(30)38-12-16-13-41-24-26(37-3,23(34)29(24)20(16)22(32)33)28-21(31)19(18-5-4-10-40-18)27-25(35)39-11-15-6-8-17(36-2)9-7-15/h4-10,19,24H,11-13H2,1-3H3,(H,27,35)(H,28,31)(H,32,33)/t19?,24?,26-/m0/s1. The number of benzene rings is 1. The predicted octanol–water partition coefficient (Wildman–Crippen LogP) is 2.00. The summed E-state index contributed by atoms with van der Waals surface area (Å²) >= 11 is 2.34. The van der Waals surface area contributed by atoms with Gasteiger partial charge < -0.3 is 34.7 Å². The van der Waals surface area contributed by atoms with Crippen molar-refractivity contribution < 1.29 is 48.0 Å². The molecule has 2 unspecified atom stereocenters. The van der Waals surface area contributed by atoms with Crippen LogP contribution in [0.2, 0.25) is 0 Å². The molecule has 2 aliphatic heterocycles. The molecule has 0 radical (unpaired) electrons. The minimum Gasteiger partial charge on any atom is -0.497 e. The molecular formula is C26H27N3O10S2. The van der Waals surface area contributed by atoms with Crippen molar-refractivity contribution in [1.82, 2.24) is 15.5 Å². The second kappa shape index (κ2) is 12.6. The first-order valence-corrected chi connectivity index (χ1v) is 14.0. The first-order chi connectivity index (χ1) is 19.6. The van der Waals surface area contributed by atoms with Gasteiger partial charge in [0.1, 0.15) is 36.1 Å². The summed E-state index contributed by atoms with van der Waals surface area (Å²) in [6, 6.07) is 8.98. The number of amides is 3. The third kappa shape index (κ3) is 6.16. The summed E-state index contributed by atoms with van der Waals surface area (Å²) in [7, 11) is 2.75. The van der Waals surface area contributed by atoms with E-state index in [2.05, 4.69) is 10.6 Å². The molecule has 3 amide bonds. The minimum atomic E-state index is -1.90. The lowest BCUT2D eigenvalue weighted by atomic mass is 9.97. The van der Waals surface area contributed by atoms with Gasteiger partial charge in [-0.05, 0) is 29.1 Å². The molecule has 1 aromatic carbocycles. The van der Waals surface area contributed by atoms with Crippen LogP contribution in [-0.2, 0) is 40.0 Å². The fraction of sp³-hybridized carbons (Fsp3) is 0.346. The molecule has 1 saturated heterocycles. The number of β-lactam (4-membered cyclic amide) rings is 1. The van der Waals surface area contributed by atoms with Gasteiger partial charge in [-0.25, -0.2) is 9.59 Å². The number of carboxylic acids is 1. The molecule has 4 rings (SSSR count). The number of hydrogen-bond acceptors (Lipinski definition) is 11. The topological polar surface area (TPSA) is 170 Å². The first kappa shape index (κ1) is 29.9. The summed E-state index contributed by atoms with van der Waals surface area (Å²) in [4.78, 5) is 64.3. The minimum absolute atomic E-state index is 0.0667. The lowest BCUT2D eigenvalue weighted by Gasteiger charge is -2.55. The number of rotatable bonds is 11. The highest BCUT2D eigenvalue weighted by Gasteiger charge is 2.67. The van der Waals surface area contributed by atoms with Gasteiger partial charge in [-0.3, -0.25) is 19.3 Å². The number of fused-ring (bicyclic) bond motifs is 1. The van der Waals surface area contributed by atoms with E-state index in [-0.39, 0.29) is 30.2 Å². The van der Waals surface area contributed by atoms with E-state index in [1.165, 1.54) is 32.5 Å². The van der Waals surface area contributed by atoms with Gasteiger partial charge in [-0.1, -0.05) is 18.2 Å². The Morgan fingerprint density at radius 2 is 1.85 bits per heavy atom. The van der Waals surface area contributed by atoms with Crippen LogP contribution in [0.1, 0.15) is 23.4 Å². The number of carbonyl (C=O) groups excluding carboxylic acids is 4. The Hall–Kier alpha value is -4.08. The molecule has 41 heavy (non-hydrogen) atoms. The molecule has 2 aliphatic rings. The Labute approximate surface area is 242 Å². The van der Waals surface area contributed by atoms with Gasteiger partial charge in [0, 0.05) is 30.2 Å². The highest BCUT2D eigenvalue weighted by atomic mass is 32.2. The molecule has 0 bridgehead atoms. The van der Waals surface area contributed by atoms with E-state index in [0.29, 0.717) is 16.2 Å². The first-order valence-electron chi connectivity index (χ1n) is 12.1. The molecule has 1 aromatic heterocycles. The Bertz CT molecular complexity index is 1360. The van der Waals surface area contributed by atoms with E-state index in [4.69, 9.17) is 18.9 Å². The zero-order valence-electron chi connectivity index (χ0n) is 22.2. The average molecular weight is 606 g/mol. The molecule has 3 atom stereocenters. The number of nitrogens with one attached hydrogen (secondary N) is 2. The molecule has 0 saturated carbocycles. The van der Waals surface area contributed by atoms with Gasteiger partial charge in [0.25, 0.3) is 17.5 Å². The van der Waals surface area contributed by atoms with Gasteiger partial charge in [-0.2, -0.15) is 0 Å². The Morgan fingerprint density at radius 1 is 1.12 bits per heavy atom. The summed E-state index contributed by atoms with van der Waals surface area (Å²) < 4.78 is 20.8. The van der Waals surface area contributed by atoms with Crippen LogP contribution in [0.4, 0.5) is 4.79 Å². The molecular weight excluding hydrogens is 578 g/mol. The number of nitrogens with zero attached hydrogens (tertiary/aromatic N) is 1. The van der Waals surface area contributed by atoms with E-state index in [9.17, 15) is 29.1 Å². The van der Waals surface area contributed by atoms with Crippen LogP contribution in [0.15, 0.2) is 53.0 Å². The maximum atomic E-state index is 13.5. The molecule has 0 spiro atoms. The third-order valence-electron chi connectivity index (χ3n) is 6.27. The zero-order chi connectivity index (χ0) is 29.7. The number of carboxylic acid groups (broad SMARTS) is 1. The molecule has 13 nitrogen and oxygen atoms in total. The number of thiophene rings is 1. The number of ether oxygens (including phenoxy) is 4. The monoisotopic (exact) mass is 605 g/mol. The van der Waals surface area contributed by atoms with Crippen molar-refractivity contribution >= 4 is 52.9 Å². The highest BCUT2D eigenvalue weighted by Crippen LogP contribution is 2.47. The van der Waals surface area contributed by atoms with E-state index >= 15 is 0 Å². The second-order valence-corrected chi connectivity index (χ2v) is 10.9. The molecule has 0 aliphatic carbocycles. The van der Waals surface area contributed by atoms with E-state index < -0.39 is 47.0 Å². The van der Waals surface area contributed by atoms with Crippen LogP contribution in [-0.4, -0.2) is 77.5 Å². The maximum Gasteiger partial charge on any atom is 0.408 e. The number of methoxy groups -OCH3 is 2. The number of hydrogen-bond donors (Lipinski definition) is 3. The quantitative estimate of drug-likeness (QED) is 0.195. The van der Waals surface area contributed by atoms with Crippen LogP contribution >= 0.6 is 23.1 Å². The van der Waals surface area contributed by atoms with Crippen LogP contribution in [0.3, 0.4) is 0 Å². The van der Waals surface area contributed by atoms with E-state index in [1.54, 1.807) is 41.8 Å². The summed E-state index contributed by atoms with van der Waals surface area (Å²) in [6.07, 6.45) is -0.874. The van der Waals surface area contributed by atoms with Crippen LogP contribution in [0.25, 0.3) is 0 Å². The van der Waals surface area contributed by atoms with Gasteiger partial charge in [-0.15, -0.1) is 23.1 Å². The summed E-state index contributed by atoms with van der Waals surface area (Å²) in [5.41, 5.74) is -1.31. The Kier molecular flexibility index (Phi) is 9.20. The van der Waals surface area contributed by atoms with Gasteiger partial charge in [0.15, 0.2) is 0 Å². The lowest BCUT2D eigenvalue weighted by molar-refractivity contribution is -0.193. The normalized spacial score (nSPS) is 20.3. The van der Waals surface area contributed by atoms with Crippen molar-refractivity contribution in [1.29, 1.82) is 0 Å². The molecule has 15 heteroatoms. The SMILES string of the molecule is COc1ccc(COC(=O)NC(C(=O)N[C@]2(OC)C(=O)N3C(C(=O)O)=C(COC(C)=O)CSC32)c2cccs2)cc1. The van der Waals surface area contributed by atoms with Crippen LogP contribution in [0, 0.1) is 0 Å². The summed E-state index contributed by atoms with van der Waals surface area (Å²) in [5, 5.41) is 15.7. The van der Waals surface area contributed by atoms with E-state index in [0.717, 1.165) is 16.7 Å². The van der Waals surface area contributed by atoms with E-state index in [1.807, 2.05) is 0 Å². The number of aliphatic carboxylic acids is 1. The van der Waals surface area contributed by atoms with Crippen molar-refractivity contribution in [2.24, 2.45) is 0 Å². The highest BCUT2D eigenvalue weighted by molar-refractivity contribution is 8.00. The van der Waals surface area contributed by atoms with Gasteiger partial charge in [0.2, 0.25) is 0 Å².